The highest BCUT2D eigenvalue weighted by molar-refractivity contribution is 8.00. The number of fused-ring (bicyclic) bond motifs is 7. The van der Waals surface area contributed by atoms with Crippen LogP contribution in [0.4, 0.5) is 0 Å². The molecule has 0 fully saturated rings. The van der Waals surface area contributed by atoms with Crippen LogP contribution in [0.2, 0.25) is 13.0 Å². The normalized spacial score (nSPS) is 19.5. The van der Waals surface area contributed by atoms with Crippen LogP contribution in [-0.2, 0) is 5.41 Å². The van der Waals surface area contributed by atoms with Gasteiger partial charge in [-0.2, -0.15) is 0 Å². The summed E-state index contributed by atoms with van der Waals surface area (Å²) in [6.45, 7) is -7.86. The van der Waals surface area contributed by atoms with Gasteiger partial charge in [0.15, 0.2) is 0 Å². The van der Waals surface area contributed by atoms with Crippen LogP contribution < -0.4 is 10.4 Å². The Morgan fingerprint density at radius 2 is 1.39 bits per heavy atom. The summed E-state index contributed by atoms with van der Waals surface area (Å²) >= 11 is 1.28. The average Bonchev–Trinajstić information content (AvgIpc) is 3.74. The van der Waals surface area contributed by atoms with E-state index >= 15 is 0 Å². The number of imidazole rings is 2. The lowest BCUT2D eigenvalue weighted by Crippen LogP contribution is -2.56. The van der Waals surface area contributed by atoms with Gasteiger partial charge in [0.05, 0.1) is 22.1 Å². The van der Waals surface area contributed by atoms with Crippen molar-refractivity contribution in [2.45, 2.75) is 69.5 Å². The molecule has 0 amide bonds. The maximum absolute atomic E-state index is 8.99. The number of para-hydroxylation sites is 3. The van der Waals surface area contributed by atoms with Crippen molar-refractivity contribution >= 4 is 58.1 Å². The number of hydrogen-bond acceptors (Lipinski definition) is 2. The van der Waals surface area contributed by atoms with E-state index in [1.165, 1.54) is 30.0 Å². The third-order valence-electron chi connectivity index (χ3n) is 9.96. The standard InChI is InChI=1S/C46H43N3SSi/c1-28-20-22-31(42-35(46(4,5)6)24-25-41-44(42)50-39-18-11-12-19-40(39)51(41,7)8)26-33(28)34-27-32(23-21-29(34)2)48-36-15-9-10-16-37(36)49-38-17-13-14-30(3)43(38)47-45(48)49/h9-27H,1-8H3/i1D3,2D3,3D3,7D3,8D3. The molecule has 0 N–H and O–H groups in total. The van der Waals surface area contributed by atoms with Gasteiger partial charge < -0.3 is 0 Å². The molecule has 1 aliphatic heterocycles. The first-order chi connectivity index (χ1) is 30.6. The van der Waals surface area contributed by atoms with E-state index in [4.69, 9.17) is 25.5 Å². The van der Waals surface area contributed by atoms with Gasteiger partial charge in [0.2, 0.25) is 5.78 Å². The second-order valence-corrected chi connectivity index (χ2v) is 17.8. The maximum Gasteiger partial charge on any atom is 0.220 e. The van der Waals surface area contributed by atoms with E-state index in [0.717, 1.165) is 5.56 Å². The van der Waals surface area contributed by atoms with Crippen molar-refractivity contribution in [2.24, 2.45) is 0 Å². The topological polar surface area (TPSA) is 22.2 Å². The molecule has 3 nitrogen and oxygen atoms in total. The summed E-state index contributed by atoms with van der Waals surface area (Å²) in [7, 11) is -4.66. The molecule has 2 aromatic heterocycles. The van der Waals surface area contributed by atoms with Crippen LogP contribution in [-0.4, -0.2) is 22.0 Å². The molecule has 0 atom stereocenters. The van der Waals surface area contributed by atoms with Crippen LogP contribution in [0.1, 0.15) is 63.6 Å². The number of rotatable bonds is 3. The minimum atomic E-state index is -4.66. The molecular formula is C46H43N3SSi. The van der Waals surface area contributed by atoms with Crippen LogP contribution in [0.5, 0.6) is 0 Å². The number of aryl methyl sites for hydroxylation is 3. The van der Waals surface area contributed by atoms with Crippen molar-refractivity contribution in [3.05, 3.63) is 138 Å². The van der Waals surface area contributed by atoms with Gasteiger partial charge in [0.1, 0.15) is 8.07 Å². The Labute approximate surface area is 327 Å². The maximum atomic E-state index is 8.99. The Kier molecular flexibility index (Phi) is 4.37. The van der Waals surface area contributed by atoms with Crippen LogP contribution >= 0.6 is 11.8 Å². The van der Waals surface area contributed by atoms with Gasteiger partial charge in [0.25, 0.3) is 0 Å². The number of benzene rings is 6. The lowest BCUT2D eigenvalue weighted by molar-refractivity contribution is 0.591. The third kappa shape index (κ3) is 4.82. The van der Waals surface area contributed by atoms with E-state index in [1.807, 2.05) is 49.4 Å². The molecule has 1 aliphatic rings. The Bertz CT molecular complexity index is 3260. The van der Waals surface area contributed by atoms with Gasteiger partial charge in [0, 0.05) is 36.0 Å². The van der Waals surface area contributed by atoms with Crippen LogP contribution in [0, 0.1) is 20.6 Å². The molecule has 51 heavy (non-hydrogen) atoms. The zero-order chi connectivity index (χ0) is 47.9. The zero-order valence-electron chi connectivity index (χ0n) is 43.2. The van der Waals surface area contributed by atoms with Crippen LogP contribution in [0.3, 0.4) is 0 Å². The molecule has 252 valence electrons. The first kappa shape index (κ1) is 19.7. The van der Waals surface area contributed by atoms with Crippen LogP contribution in [0.25, 0.3) is 55.8 Å². The van der Waals surface area contributed by atoms with Crippen molar-refractivity contribution < 1.29 is 20.6 Å². The second-order valence-electron chi connectivity index (χ2n) is 14.2. The minimum absolute atomic E-state index is 0.0638. The van der Waals surface area contributed by atoms with E-state index in [1.54, 1.807) is 77.4 Å². The first-order valence-corrected chi connectivity index (χ1v) is 19.5. The highest BCUT2D eigenvalue weighted by Crippen LogP contribution is 2.45. The van der Waals surface area contributed by atoms with E-state index < -0.39 is 47.0 Å². The van der Waals surface area contributed by atoms with Crippen molar-refractivity contribution in [3.63, 3.8) is 0 Å². The largest absolute Gasteiger partial charge is 0.278 e. The first-order valence-electron chi connectivity index (χ1n) is 24.2. The minimum Gasteiger partial charge on any atom is -0.278 e. The highest BCUT2D eigenvalue weighted by atomic mass is 32.2. The summed E-state index contributed by atoms with van der Waals surface area (Å²) in [6.07, 6.45) is 0. The smallest absolute Gasteiger partial charge is 0.220 e. The van der Waals surface area contributed by atoms with E-state index in [2.05, 4.69) is 0 Å². The van der Waals surface area contributed by atoms with Crippen molar-refractivity contribution in [1.29, 1.82) is 0 Å². The molecule has 0 saturated heterocycles. The summed E-state index contributed by atoms with van der Waals surface area (Å²) < 4.78 is 135. The van der Waals surface area contributed by atoms with Gasteiger partial charge in [-0.3, -0.25) is 8.97 Å². The van der Waals surface area contributed by atoms with Gasteiger partial charge in [-0.15, -0.1) is 0 Å². The zero-order valence-corrected chi connectivity index (χ0v) is 30.0. The summed E-state index contributed by atoms with van der Waals surface area (Å²) in [5.41, 5.74) is 3.68. The predicted octanol–water partition coefficient (Wildman–Crippen LogP) is 11.3. The Morgan fingerprint density at radius 3 is 2.18 bits per heavy atom. The summed E-state index contributed by atoms with van der Waals surface area (Å²) in [4.78, 5) is 5.86. The molecule has 0 bridgehead atoms. The SMILES string of the molecule is [2H]C([2H])([2H])c1ccc(-c2c(C(C)(C)C)ccc3c2Sc2ccccc2[Si]3(C([2H])([2H])[2H])C([2H])([2H])[2H])cc1-c1cc(-n2c3ccccc3n3c4cccc(C([2H])([2H])[2H])c4nc23)ccc1C([2H])([2H])[2H]. The van der Waals surface area contributed by atoms with E-state index in [-0.39, 0.29) is 38.5 Å². The molecule has 0 saturated carbocycles. The van der Waals surface area contributed by atoms with Gasteiger partial charge >= 0.3 is 0 Å². The number of aromatic nitrogens is 3. The predicted molar refractivity (Wildman–Crippen MR) is 221 cm³/mol. The summed E-state index contributed by atoms with van der Waals surface area (Å²) in [5, 5.41) is 0.513. The lowest BCUT2D eigenvalue weighted by atomic mass is 9.81. The second kappa shape index (κ2) is 11.3. The van der Waals surface area contributed by atoms with Gasteiger partial charge in [-0.25, -0.2) is 4.98 Å². The monoisotopic (exact) mass is 712 g/mol. The van der Waals surface area contributed by atoms with Gasteiger partial charge in [-0.05, 0) is 123 Å². The molecular weight excluding hydrogens is 655 g/mol. The van der Waals surface area contributed by atoms with Crippen LogP contribution in [0.15, 0.2) is 125 Å². The lowest BCUT2D eigenvalue weighted by Gasteiger charge is -2.36. The molecule has 9 rings (SSSR count). The van der Waals surface area contributed by atoms with Crippen molar-refractivity contribution in [2.75, 3.05) is 0 Å². The number of hydrogen-bond donors (Lipinski definition) is 0. The third-order valence-corrected chi connectivity index (χ3v) is 14.0. The van der Waals surface area contributed by atoms with E-state index in [0.29, 0.717) is 54.1 Å². The fourth-order valence-electron chi connectivity index (χ4n) is 7.51. The average molecular weight is 713 g/mol. The molecule has 0 spiro atoms. The summed E-state index contributed by atoms with van der Waals surface area (Å²) in [5.74, 6) is 0.347. The molecule has 0 aliphatic carbocycles. The molecule has 6 aromatic carbocycles. The fraction of sp³-hybridized carbons (Fsp3) is 0.196. The van der Waals surface area contributed by atoms with Crippen molar-refractivity contribution in [1.82, 2.24) is 14.0 Å². The van der Waals surface area contributed by atoms with Crippen molar-refractivity contribution in [3.8, 4) is 27.9 Å². The molecule has 5 heteroatoms. The molecule has 8 aromatic rings. The fourth-order valence-corrected chi connectivity index (χ4v) is 11.7. The molecule has 3 heterocycles. The van der Waals surface area contributed by atoms with Gasteiger partial charge in [-0.1, -0.05) is 118 Å². The Balaban J connectivity index is 1.38. The molecule has 0 radical (unpaired) electrons. The highest BCUT2D eigenvalue weighted by Gasteiger charge is 2.38. The Hall–Kier alpha value is -4.84. The van der Waals surface area contributed by atoms with E-state index in [9.17, 15) is 0 Å². The quantitative estimate of drug-likeness (QED) is 0.170. The molecule has 0 unspecified atom stereocenters. The Morgan fingerprint density at radius 1 is 0.667 bits per heavy atom. The summed E-state index contributed by atoms with van der Waals surface area (Å²) in [6, 6.07) is 32.0. The number of nitrogens with zero attached hydrogens (tertiary/aromatic N) is 3.